The second kappa shape index (κ2) is 7.17. The zero-order valence-corrected chi connectivity index (χ0v) is 16.0. The zero-order valence-electron chi connectivity index (χ0n) is 15.2. The van der Waals surface area contributed by atoms with E-state index < -0.39 is 9.84 Å². The molecule has 3 nitrogen and oxygen atoms in total. The molecular weight excluding hydrogens is 318 g/mol. The molecule has 0 unspecified atom stereocenters. The van der Waals surface area contributed by atoms with Crippen LogP contribution in [-0.2, 0) is 9.84 Å². The predicted octanol–water partition coefficient (Wildman–Crippen LogP) is 4.10. The molecule has 1 aromatic carbocycles. The summed E-state index contributed by atoms with van der Waals surface area (Å²) in [7, 11) is -3.29. The molecule has 0 radical (unpaired) electrons. The number of nitrogens with one attached hydrogen (secondary N) is 1. The van der Waals surface area contributed by atoms with Gasteiger partial charge in [-0.05, 0) is 50.2 Å². The van der Waals surface area contributed by atoms with Crippen LogP contribution in [0.4, 0.5) is 0 Å². The highest BCUT2D eigenvalue weighted by Crippen LogP contribution is 2.40. The van der Waals surface area contributed by atoms with Gasteiger partial charge >= 0.3 is 0 Å². The van der Waals surface area contributed by atoms with Crippen LogP contribution in [0.1, 0.15) is 57.9 Å². The Morgan fingerprint density at radius 3 is 2.54 bits per heavy atom. The topological polar surface area (TPSA) is 46.2 Å². The van der Waals surface area contributed by atoms with Crippen molar-refractivity contribution in [1.82, 2.24) is 5.32 Å². The van der Waals surface area contributed by atoms with Crippen molar-refractivity contribution in [2.75, 3.05) is 0 Å². The maximum Gasteiger partial charge on any atom is 0.182 e. The first-order chi connectivity index (χ1) is 11.4. The van der Waals surface area contributed by atoms with Crippen LogP contribution in [0.2, 0.25) is 0 Å². The monoisotopic (exact) mass is 349 g/mol. The molecule has 2 fully saturated rings. The quantitative estimate of drug-likeness (QED) is 0.890. The van der Waals surface area contributed by atoms with Crippen LogP contribution in [0, 0.1) is 18.8 Å². The molecule has 1 aliphatic carbocycles. The SMILES string of the molecule is CCC[C@H]1N[C@@H]2CCC[C@@H](C)[C@@H]2C[C@H]1S(=O)(=O)c1ccc(C)cc1. The molecule has 24 heavy (non-hydrogen) atoms. The minimum absolute atomic E-state index is 0.0906. The van der Waals surface area contributed by atoms with Crippen molar-refractivity contribution in [2.24, 2.45) is 11.8 Å². The number of hydrogen-bond donors (Lipinski definition) is 1. The molecule has 1 saturated heterocycles. The van der Waals surface area contributed by atoms with E-state index in [-0.39, 0.29) is 11.3 Å². The van der Waals surface area contributed by atoms with E-state index in [1.165, 1.54) is 19.3 Å². The molecule has 0 aromatic heterocycles. The normalized spacial score (nSPS) is 33.9. The van der Waals surface area contributed by atoms with Crippen molar-refractivity contribution >= 4 is 9.84 Å². The zero-order chi connectivity index (χ0) is 17.3. The summed E-state index contributed by atoms with van der Waals surface area (Å²) < 4.78 is 26.6. The summed E-state index contributed by atoms with van der Waals surface area (Å²) in [6, 6.07) is 7.98. The second-order valence-corrected chi connectivity index (χ2v) is 10.0. The van der Waals surface area contributed by atoms with Gasteiger partial charge in [-0.3, -0.25) is 0 Å². The highest BCUT2D eigenvalue weighted by molar-refractivity contribution is 7.92. The number of piperidine rings is 1. The van der Waals surface area contributed by atoms with Gasteiger partial charge in [0.25, 0.3) is 0 Å². The van der Waals surface area contributed by atoms with Gasteiger partial charge in [-0.25, -0.2) is 8.42 Å². The van der Waals surface area contributed by atoms with Crippen LogP contribution in [-0.4, -0.2) is 25.8 Å². The Bertz CT molecular complexity index is 653. The molecule has 134 valence electrons. The van der Waals surface area contributed by atoms with Crippen molar-refractivity contribution in [3.63, 3.8) is 0 Å². The van der Waals surface area contributed by atoms with Gasteiger partial charge in [0.15, 0.2) is 9.84 Å². The van der Waals surface area contributed by atoms with E-state index in [1.807, 2.05) is 19.1 Å². The summed E-state index contributed by atoms with van der Waals surface area (Å²) in [5, 5.41) is 3.46. The van der Waals surface area contributed by atoms with E-state index in [4.69, 9.17) is 0 Å². The summed E-state index contributed by atoms with van der Waals surface area (Å²) in [6.07, 6.45) is 6.48. The molecular formula is C20H31NO2S. The van der Waals surface area contributed by atoms with Gasteiger partial charge in [-0.2, -0.15) is 0 Å². The minimum Gasteiger partial charge on any atom is -0.310 e. The van der Waals surface area contributed by atoms with Gasteiger partial charge in [-0.15, -0.1) is 0 Å². The van der Waals surface area contributed by atoms with E-state index in [0.717, 1.165) is 24.8 Å². The van der Waals surface area contributed by atoms with Gasteiger partial charge in [0.2, 0.25) is 0 Å². The van der Waals surface area contributed by atoms with Crippen LogP contribution >= 0.6 is 0 Å². The Balaban J connectivity index is 1.91. The smallest absolute Gasteiger partial charge is 0.182 e. The lowest BCUT2D eigenvalue weighted by molar-refractivity contribution is 0.124. The van der Waals surface area contributed by atoms with Crippen LogP contribution in [0.3, 0.4) is 0 Å². The Hall–Kier alpha value is -0.870. The maximum atomic E-state index is 13.3. The van der Waals surface area contributed by atoms with Crippen LogP contribution in [0.5, 0.6) is 0 Å². The number of hydrogen-bond acceptors (Lipinski definition) is 3. The molecule has 3 rings (SSSR count). The number of rotatable bonds is 4. The number of aryl methyl sites for hydroxylation is 1. The first kappa shape index (κ1) is 17.9. The molecule has 0 bridgehead atoms. The summed E-state index contributed by atoms with van der Waals surface area (Å²) in [5.41, 5.74) is 1.10. The van der Waals surface area contributed by atoms with Gasteiger partial charge in [0, 0.05) is 12.1 Å². The third-order valence-electron chi connectivity index (χ3n) is 6.15. The standard InChI is InChI=1S/C20H31NO2S/c1-4-6-19-20(13-17-15(3)7-5-8-18(17)21-19)24(22,23)16-11-9-14(2)10-12-16/h9-12,15,17-21H,4-8,13H2,1-3H3/t15-,17+,18-,19-,20-/m1/s1. The number of benzene rings is 1. The molecule has 1 aromatic rings. The van der Waals surface area contributed by atoms with Crippen molar-refractivity contribution in [1.29, 1.82) is 0 Å². The highest BCUT2D eigenvalue weighted by Gasteiger charge is 2.45. The molecule has 1 saturated carbocycles. The van der Waals surface area contributed by atoms with E-state index in [1.54, 1.807) is 12.1 Å². The maximum absolute atomic E-state index is 13.3. The summed E-state index contributed by atoms with van der Waals surface area (Å²) in [5.74, 6) is 1.12. The van der Waals surface area contributed by atoms with Gasteiger partial charge in [-0.1, -0.05) is 50.8 Å². The fourth-order valence-corrected chi connectivity index (χ4v) is 6.72. The largest absolute Gasteiger partial charge is 0.310 e. The molecule has 0 spiro atoms. The van der Waals surface area contributed by atoms with E-state index in [9.17, 15) is 8.42 Å². The summed E-state index contributed by atoms with van der Waals surface area (Å²) >= 11 is 0. The second-order valence-electron chi connectivity index (χ2n) is 7.87. The van der Waals surface area contributed by atoms with Gasteiger partial charge in [0.05, 0.1) is 10.1 Å². The Morgan fingerprint density at radius 1 is 1.17 bits per heavy atom. The molecule has 2 aliphatic rings. The van der Waals surface area contributed by atoms with Crippen LogP contribution in [0.15, 0.2) is 29.2 Å². The molecule has 0 amide bonds. The van der Waals surface area contributed by atoms with E-state index >= 15 is 0 Å². The fourth-order valence-electron chi connectivity index (χ4n) is 4.73. The fraction of sp³-hybridized carbons (Fsp3) is 0.700. The first-order valence-electron chi connectivity index (χ1n) is 9.50. The Morgan fingerprint density at radius 2 is 1.88 bits per heavy atom. The average molecular weight is 350 g/mol. The third kappa shape index (κ3) is 3.41. The Labute approximate surface area is 147 Å². The lowest BCUT2D eigenvalue weighted by Crippen LogP contribution is -2.59. The van der Waals surface area contributed by atoms with E-state index in [2.05, 4.69) is 19.2 Å². The van der Waals surface area contributed by atoms with Gasteiger partial charge in [0.1, 0.15) is 0 Å². The van der Waals surface area contributed by atoms with Crippen molar-refractivity contribution in [3.8, 4) is 0 Å². The average Bonchev–Trinajstić information content (AvgIpc) is 2.55. The number of fused-ring (bicyclic) bond motifs is 1. The van der Waals surface area contributed by atoms with Crippen molar-refractivity contribution in [3.05, 3.63) is 29.8 Å². The van der Waals surface area contributed by atoms with E-state index in [0.29, 0.717) is 22.8 Å². The third-order valence-corrected chi connectivity index (χ3v) is 8.40. The van der Waals surface area contributed by atoms with Crippen molar-refractivity contribution in [2.45, 2.75) is 81.5 Å². The molecule has 1 heterocycles. The molecule has 5 atom stereocenters. The predicted molar refractivity (Wildman–Crippen MR) is 98.9 cm³/mol. The van der Waals surface area contributed by atoms with Crippen LogP contribution in [0.25, 0.3) is 0 Å². The Kier molecular flexibility index (Phi) is 5.36. The molecule has 1 N–H and O–H groups in total. The lowest BCUT2D eigenvalue weighted by atomic mass is 9.71. The summed E-state index contributed by atoms with van der Waals surface area (Å²) in [4.78, 5) is 0.489. The van der Waals surface area contributed by atoms with Crippen molar-refractivity contribution < 1.29 is 8.42 Å². The summed E-state index contributed by atoms with van der Waals surface area (Å²) in [6.45, 7) is 6.44. The van der Waals surface area contributed by atoms with Gasteiger partial charge < -0.3 is 5.32 Å². The first-order valence-corrected chi connectivity index (χ1v) is 11.0. The highest BCUT2D eigenvalue weighted by atomic mass is 32.2. The molecule has 4 heteroatoms. The lowest BCUT2D eigenvalue weighted by Gasteiger charge is -2.47. The van der Waals surface area contributed by atoms with Crippen LogP contribution < -0.4 is 5.32 Å². The molecule has 1 aliphatic heterocycles. The number of sulfone groups is 1. The minimum atomic E-state index is -3.29.